The number of hydrogen-bond acceptors (Lipinski definition) is 3. The summed E-state index contributed by atoms with van der Waals surface area (Å²) in [6, 6.07) is 4.70. The Kier molecular flexibility index (Phi) is 5.37. The Morgan fingerprint density at radius 2 is 2.11 bits per heavy atom. The summed E-state index contributed by atoms with van der Waals surface area (Å²) in [6.07, 6.45) is -2.77. The molecule has 1 amide bonds. The summed E-state index contributed by atoms with van der Waals surface area (Å²) in [5.74, 6) is 0.135. The lowest BCUT2D eigenvalue weighted by atomic mass is 9.89. The van der Waals surface area contributed by atoms with Gasteiger partial charge in [0.15, 0.2) is 0 Å². The molecule has 2 heterocycles. The monoisotopic (exact) mass is 383 g/mol. The molecule has 0 radical (unpaired) electrons. The summed E-state index contributed by atoms with van der Waals surface area (Å²) in [5, 5.41) is 3.79. The van der Waals surface area contributed by atoms with Crippen LogP contribution in [0.25, 0.3) is 10.9 Å². The van der Waals surface area contributed by atoms with E-state index in [1.807, 2.05) is 7.05 Å². The van der Waals surface area contributed by atoms with E-state index in [2.05, 4.69) is 22.0 Å². The topological polar surface area (TPSA) is 57.4 Å². The Morgan fingerprint density at radius 1 is 1.37 bits per heavy atom. The van der Waals surface area contributed by atoms with E-state index >= 15 is 0 Å². The van der Waals surface area contributed by atoms with E-state index in [4.69, 9.17) is 0 Å². The Hall–Kier alpha value is -2.22. The first kappa shape index (κ1) is 19.5. The number of piperidine rings is 1. The summed E-state index contributed by atoms with van der Waals surface area (Å²) in [7, 11) is 1.90. The van der Waals surface area contributed by atoms with Crippen molar-refractivity contribution in [1.82, 2.24) is 15.2 Å². The molecule has 2 aromatic rings. The van der Waals surface area contributed by atoms with Crippen LogP contribution >= 0.6 is 0 Å². The number of benzene rings is 1. The van der Waals surface area contributed by atoms with Crippen molar-refractivity contribution in [3.05, 3.63) is 29.5 Å². The number of aryl methyl sites for hydroxylation is 1. The third-order valence-corrected chi connectivity index (χ3v) is 5.31. The van der Waals surface area contributed by atoms with Crippen LogP contribution in [0.15, 0.2) is 18.2 Å². The number of H-pyrrole nitrogens is 1. The van der Waals surface area contributed by atoms with E-state index in [-0.39, 0.29) is 17.7 Å². The quantitative estimate of drug-likeness (QED) is 0.844. The molecule has 1 aromatic heterocycles. The van der Waals surface area contributed by atoms with E-state index in [0.717, 1.165) is 12.8 Å². The molecule has 3 rings (SSSR count). The molecule has 0 unspecified atom stereocenters. The molecule has 0 aliphatic carbocycles. The van der Waals surface area contributed by atoms with Crippen LogP contribution in [-0.4, -0.2) is 48.3 Å². The smallest absolute Gasteiger partial charge is 0.405 e. The molecule has 0 spiro atoms. The number of nitrogens with zero attached hydrogens (tertiary/aromatic N) is 1. The third kappa shape index (κ3) is 4.21. The maximum absolute atomic E-state index is 12.9. The second-order valence-electron chi connectivity index (χ2n) is 7.04. The molecule has 1 aromatic carbocycles. The number of aromatic amines is 1. The van der Waals surface area contributed by atoms with Crippen LogP contribution in [-0.2, 0) is 0 Å². The normalized spacial score (nSPS) is 20.9. The SMILES string of the molecule is CC[C@@H]1CCN(C(=O)c2cc3cc(OC(F)(F)F)c(C)cc3[nH]2)C[C@@H]1NC. The van der Waals surface area contributed by atoms with Crippen LogP contribution in [0.1, 0.15) is 35.8 Å². The summed E-state index contributed by atoms with van der Waals surface area (Å²) < 4.78 is 41.7. The maximum atomic E-state index is 12.9. The number of carbonyl (C=O) groups excluding carboxylic acids is 1. The van der Waals surface area contributed by atoms with Gasteiger partial charge in [0.25, 0.3) is 5.91 Å². The predicted molar refractivity (Wildman–Crippen MR) is 96.9 cm³/mol. The number of hydrogen-bond donors (Lipinski definition) is 2. The zero-order chi connectivity index (χ0) is 19.8. The Labute approximate surface area is 155 Å². The molecule has 1 aliphatic heterocycles. The van der Waals surface area contributed by atoms with Crippen molar-refractivity contribution in [3.8, 4) is 5.75 Å². The second kappa shape index (κ2) is 7.42. The minimum atomic E-state index is -4.75. The van der Waals surface area contributed by atoms with Gasteiger partial charge in [-0.05, 0) is 50.1 Å². The first-order valence-electron chi connectivity index (χ1n) is 9.07. The molecule has 1 aliphatic rings. The fourth-order valence-electron chi connectivity index (χ4n) is 3.79. The molecule has 0 bridgehead atoms. The zero-order valence-electron chi connectivity index (χ0n) is 15.6. The summed E-state index contributed by atoms with van der Waals surface area (Å²) in [6.45, 7) is 4.97. The second-order valence-corrected chi connectivity index (χ2v) is 7.04. The Morgan fingerprint density at radius 3 is 2.74 bits per heavy atom. The van der Waals surface area contributed by atoms with Crippen molar-refractivity contribution in [2.24, 2.45) is 5.92 Å². The maximum Gasteiger partial charge on any atom is 0.573 e. The number of amides is 1. The lowest BCUT2D eigenvalue weighted by Gasteiger charge is -2.38. The largest absolute Gasteiger partial charge is 0.573 e. The minimum Gasteiger partial charge on any atom is -0.405 e. The highest BCUT2D eigenvalue weighted by molar-refractivity contribution is 5.98. The van der Waals surface area contributed by atoms with Gasteiger partial charge in [-0.2, -0.15) is 0 Å². The fraction of sp³-hybridized carbons (Fsp3) is 0.526. The fourth-order valence-corrected chi connectivity index (χ4v) is 3.79. The number of likely N-dealkylation sites (N-methyl/N-ethyl adjacent to an activating group) is 1. The van der Waals surface area contributed by atoms with Gasteiger partial charge in [-0.1, -0.05) is 13.3 Å². The van der Waals surface area contributed by atoms with Gasteiger partial charge in [-0.15, -0.1) is 13.2 Å². The molecule has 1 saturated heterocycles. The van der Waals surface area contributed by atoms with Crippen molar-refractivity contribution in [3.63, 3.8) is 0 Å². The predicted octanol–water partition coefficient (Wildman–Crippen LogP) is 3.84. The third-order valence-electron chi connectivity index (χ3n) is 5.31. The van der Waals surface area contributed by atoms with Crippen molar-refractivity contribution in [2.75, 3.05) is 20.1 Å². The van der Waals surface area contributed by atoms with E-state index in [1.165, 1.54) is 13.0 Å². The number of fused-ring (bicyclic) bond motifs is 1. The van der Waals surface area contributed by atoms with Crippen LogP contribution in [0.2, 0.25) is 0 Å². The number of rotatable bonds is 4. The lowest BCUT2D eigenvalue weighted by Crippen LogP contribution is -2.51. The molecular weight excluding hydrogens is 359 g/mol. The van der Waals surface area contributed by atoms with E-state index in [1.54, 1.807) is 17.0 Å². The number of ether oxygens (including phenoxy) is 1. The molecule has 2 atom stereocenters. The molecule has 27 heavy (non-hydrogen) atoms. The first-order chi connectivity index (χ1) is 12.7. The minimum absolute atomic E-state index is 0.142. The Balaban J connectivity index is 1.83. The van der Waals surface area contributed by atoms with Crippen molar-refractivity contribution >= 4 is 16.8 Å². The average Bonchev–Trinajstić information content (AvgIpc) is 3.02. The van der Waals surface area contributed by atoms with Gasteiger partial charge < -0.3 is 19.9 Å². The number of likely N-dealkylation sites (tertiary alicyclic amines) is 1. The Bertz CT molecular complexity index is 831. The first-order valence-corrected chi connectivity index (χ1v) is 9.07. The van der Waals surface area contributed by atoms with Crippen molar-refractivity contribution in [1.29, 1.82) is 0 Å². The van der Waals surface area contributed by atoms with Crippen LogP contribution in [0.3, 0.4) is 0 Å². The highest BCUT2D eigenvalue weighted by Crippen LogP contribution is 2.31. The zero-order valence-corrected chi connectivity index (χ0v) is 15.6. The molecule has 8 heteroatoms. The van der Waals surface area contributed by atoms with Gasteiger partial charge >= 0.3 is 6.36 Å². The van der Waals surface area contributed by atoms with Gasteiger partial charge in [0.1, 0.15) is 11.4 Å². The number of nitrogens with one attached hydrogen (secondary N) is 2. The molecule has 0 saturated carbocycles. The molecular formula is C19H24F3N3O2. The van der Waals surface area contributed by atoms with Crippen LogP contribution in [0, 0.1) is 12.8 Å². The van der Waals surface area contributed by atoms with Gasteiger partial charge in [0.05, 0.1) is 0 Å². The molecule has 148 valence electrons. The number of halogens is 3. The molecule has 2 N–H and O–H groups in total. The van der Waals surface area contributed by atoms with Crippen LogP contribution < -0.4 is 10.1 Å². The number of alkyl halides is 3. The van der Waals surface area contributed by atoms with Crippen molar-refractivity contribution < 1.29 is 22.7 Å². The van der Waals surface area contributed by atoms with Gasteiger partial charge in [0.2, 0.25) is 0 Å². The van der Waals surface area contributed by atoms with E-state index in [0.29, 0.717) is 41.2 Å². The standard InChI is InChI=1S/C19H24F3N3O2/c1-4-12-5-6-25(10-16(12)23-3)18(26)15-8-13-9-17(27-19(20,21)22)11(2)7-14(13)24-15/h7-9,12,16,23-24H,4-6,10H2,1-3H3/t12-,16+/m1/s1. The van der Waals surface area contributed by atoms with E-state index < -0.39 is 6.36 Å². The average molecular weight is 383 g/mol. The molecule has 1 fully saturated rings. The number of aromatic nitrogens is 1. The highest BCUT2D eigenvalue weighted by atomic mass is 19.4. The van der Waals surface area contributed by atoms with Crippen LogP contribution in [0.5, 0.6) is 5.75 Å². The highest BCUT2D eigenvalue weighted by Gasteiger charge is 2.32. The van der Waals surface area contributed by atoms with Gasteiger partial charge in [-0.25, -0.2) is 0 Å². The lowest BCUT2D eigenvalue weighted by molar-refractivity contribution is -0.274. The molecule has 5 nitrogen and oxygen atoms in total. The van der Waals surface area contributed by atoms with Crippen LogP contribution in [0.4, 0.5) is 13.2 Å². The van der Waals surface area contributed by atoms with Crippen molar-refractivity contribution in [2.45, 2.75) is 39.1 Å². The summed E-state index contributed by atoms with van der Waals surface area (Å²) in [5.41, 5.74) is 1.33. The summed E-state index contributed by atoms with van der Waals surface area (Å²) >= 11 is 0. The number of carbonyl (C=O) groups is 1. The summed E-state index contributed by atoms with van der Waals surface area (Å²) in [4.78, 5) is 17.7. The van der Waals surface area contributed by atoms with Gasteiger partial charge in [0, 0.05) is 30.0 Å². The van der Waals surface area contributed by atoms with E-state index in [9.17, 15) is 18.0 Å². The van der Waals surface area contributed by atoms with Gasteiger partial charge in [-0.3, -0.25) is 4.79 Å².